The summed E-state index contributed by atoms with van der Waals surface area (Å²) in [7, 11) is 0. The van der Waals surface area contributed by atoms with Crippen molar-refractivity contribution in [2.45, 2.75) is 25.2 Å². The zero-order valence-electron chi connectivity index (χ0n) is 13.6. The second-order valence-corrected chi connectivity index (χ2v) is 6.82. The van der Waals surface area contributed by atoms with Gasteiger partial charge in [-0.3, -0.25) is 4.79 Å². The van der Waals surface area contributed by atoms with E-state index in [2.05, 4.69) is 10.6 Å². The molecule has 23 heavy (non-hydrogen) atoms. The fraction of sp³-hybridized carbons (Fsp3) is 0.611. The SMILES string of the molecule is CC(C(=O)NCC1(c2ccc(F)cc2)CCOCC1)C1CNC1. The number of amides is 1. The van der Waals surface area contributed by atoms with Gasteiger partial charge in [-0.2, -0.15) is 0 Å². The normalized spacial score (nSPS) is 22.2. The molecule has 4 nitrogen and oxygen atoms in total. The molecule has 2 heterocycles. The fourth-order valence-corrected chi connectivity index (χ4v) is 3.43. The molecule has 2 saturated heterocycles. The van der Waals surface area contributed by atoms with Crippen molar-refractivity contribution < 1.29 is 13.9 Å². The Kier molecular flexibility index (Phi) is 4.97. The van der Waals surface area contributed by atoms with Gasteiger partial charge in [0, 0.05) is 31.1 Å². The van der Waals surface area contributed by atoms with Crippen molar-refractivity contribution in [2.75, 3.05) is 32.8 Å². The molecule has 1 amide bonds. The number of hydrogen-bond donors (Lipinski definition) is 2. The number of halogens is 1. The first-order valence-corrected chi connectivity index (χ1v) is 8.43. The minimum atomic E-state index is -0.230. The molecule has 2 N–H and O–H groups in total. The van der Waals surface area contributed by atoms with Crippen LogP contribution in [-0.2, 0) is 14.9 Å². The van der Waals surface area contributed by atoms with Gasteiger partial charge in [-0.05, 0) is 49.5 Å². The summed E-state index contributed by atoms with van der Waals surface area (Å²) in [5.74, 6) is 0.350. The van der Waals surface area contributed by atoms with Gasteiger partial charge in [0.2, 0.25) is 5.91 Å². The summed E-state index contributed by atoms with van der Waals surface area (Å²) in [5, 5.41) is 6.35. The molecular weight excluding hydrogens is 295 g/mol. The Bertz CT molecular complexity index is 536. The summed E-state index contributed by atoms with van der Waals surface area (Å²) in [5.41, 5.74) is 0.930. The number of hydrogen-bond acceptors (Lipinski definition) is 3. The van der Waals surface area contributed by atoms with Crippen LogP contribution in [0.15, 0.2) is 24.3 Å². The Morgan fingerprint density at radius 3 is 2.57 bits per heavy atom. The van der Waals surface area contributed by atoms with Crippen molar-refractivity contribution in [3.63, 3.8) is 0 Å². The molecule has 0 bridgehead atoms. The number of benzene rings is 1. The average molecular weight is 320 g/mol. The van der Waals surface area contributed by atoms with Gasteiger partial charge in [0.15, 0.2) is 0 Å². The van der Waals surface area contributed by atoms with Crippen molar-refractivity contribution in [1.82, 2.24) is 10.6 Å². The standard InChI is InChI=1S/C18H25FN2O2/c1-13(14-10-20-11-14)17(22)21-12-18(6-8-23-9-7-18)15-2-4-16(19)5-3-15/h2-5,13-14,20H,6-12H2,1H3,(H,21,22). The molecule has 1 atom stereocenters. The van der Waals surface area contributed by atoms with Crippen LogP contribution < -0.4 is 10.6 Å². The van der Waals surface area contributed by atoms with Crippen LogP contribution in [0.3, 0.4) is 0 Å². The molecule has 0 radical (unpaired) electrons. The minimum Gasteiger partial charge on any atom is -0.381 e. The van der Waals surface area contributed by atoms with E-state index in [1.807, 2.05) is 19.1 Å². The lowest BCUT2D eigenvalue weighted by molar-refractivity contribution is -0.127. The lowest BCUT2D eigenvalue weighted by atomic mass is 9.74. The third-order valence-electron chi connectivity index (χ3n) is 5.44. The van der Waals surface area contributed by atoms with E-state index in [4.69, 9.17) is 4.74 Å². The lowest BCUT2D eigenvalue weighted by Gasteiger charge is -2.39. The number of carbonyl (C=O) groups is 1. The Morgan fingerprint density at radius 2 is 2.00 bits per heavy atom. The van der Waals surface area contributed by atoms with E-state index >= 15 is 0 Å². The fourth-order valence-electron chi connectivity index (χ4n) is 3.43. The van der Waals surface area contributed by atoms with Crippen LogP contribution in [0.2, 0.25) is 0 Å². The highest BCUT2D eigenvalue weighted by Gasteiger charge is 2.36. The molecule has 5 heteroatoms. The van der Waals surface area contributed by atoms with Gasteiger partial charge in [-0.25, -0.2) is 4.39 Å². The number of rotatable bonds is 5. The van der Waals surface area contributed by atoms with Crippen molar-refractivity contribution >= 4 is 5.91 Å². The lowest BCUT2D eigenvalue weighted by Crippen LogP contribution is -2.51. The molecule has 2 aliphatic heterocycles. The van der Waals surface area contributed by atoms with Gasteiger partial charge in [-0.15, -0.1) is 0 Å². The maximum Gasteiger partial charge on any atom is 0.223 e. The van der Waals surface area contributed by atoms with Crippen molar-refractivity contribution in [1.29, 1.82) is 0 Å². The van der Waals surface area contributed by atoms with Gasteiger partial charge >= 0.3 is 0 Å². The second kappa shape index (κ2) is 6.97. The van der Waals surface area contributed by atoms with Crippen LogP contribution in [0.5, 0.6) is 0 Å². The quantitative estimate of drug-likeness (QED) is 0.870. The van der Waals surface area contributed by atoms with Crippen LogP contribution in [0.1, 0.15) is 25.3 Å². The second-order valence-electron chi connectivity index (χ2n) is 6.82. The van der Waals surface area contributed by atoms with E-state index in [1.165, 1.54) is 12.1 Å². The Labute approximate surface area is 136 Å². The topological polar surface area (TPSA) is 50.4 Å². The molecule has 3 rings (SSSR count). The van der Waals surface area contributed by atoms with E-state index in [9.17, 15) is 9.18 Å². The molecule has 1 aromatic rings. The molecule has 0 spiro atoms. The summed E-state index contributed by atoms with van der Waals surface area (Å²) in [4.78, 5) is 12.4. The molecule has 0 aromatic heterocycles. The van der Waals surface area contributed by atoms with Crippen LogP contribution in [0.25, 0.3) is 0 Å². The van der Waals surface area contributed by atoms with E-state index in [1.54, 1.807) is 0 Å². The number of ether oxygens (including phenoxy) is 1. The maximum atomic E-state index is 13.2. The molecule has 126 valence electrons. The highest BCUT2D eigenvalue weighted by molar-refractivity contribution is 5.78. The minimum absolute atomic E-state index is 0.0290. The first-order chi connectivity index (χ1) is 11.1. The van der Waals surface area contributed by atoms with E-state index in [0.29, 0.717) is 25.7 Å². The summed E-state index contributed by atoms with van der Waals surface area (Å²) in [6.45, 7) is 5.78. The van der Waals surface area contributed by atoms with Crippen molar-refractivity contribution in [2.24, 2.45) is 11.8 Å². The van der Waals surface area contributed by atoms with Gasteiger partial charge in [-0.1, -0.05) is 19.1 Å². The average Bonchev–Trinajstić information content (AvgIpc) is 2.52. The van der Waals surface area contributed by atoms with Crippen LogP contribution in [-0.4, -0.2) is 38.8 Å². The number of nitrogens with one attached hydrogen (secondary N) is 2. The summed E-state index contributed by atoms with van der Waals surface area (Å²) >= 11 is 0. The summed E-state index contributed by atoms with van der Waals surface area (Å²) in [6, 6.07) is 6.67. The zero-order valence-corrected chi connectivity index (χ0v) is 13.6. The summed E-state index contributed by atoms with van der Waals surface area (Å²) in [6.07, 6.45) is 1.69. The van der Waals surface area contributed by atoms with Crippen molar-refractivity contribution in [3.05, 3.63) is 35.6 Å². The highest BCUT2D eigenvalue weighted by atomic mass is 19.1. The molecule has 0 saturated carbocycles. The molecular formula is C18H25FN2O2. The Hall–Kier alpha value is -1.46. The molecule has 0 aliphatic carbocycles. The molecule has 1 unspecified atom stereocenters. The van der Waals surface area contributed by atoms with E-state index in [-0.39, 0.29) is 23.1 Å². The Balaban J connectivity index is 1.69. The maximum absolute atomic E-state index is 13.2. The molecule has 2 aliphatic rings. The zero-order chi connectivity index (χ0) is 16.3. The third kappa shape index (κ3) is 3.56. The molecule has 2 fully saturated rings. The predicted molar refractivity (Wildman–Crippen MR) is 86.7 cm³/mol. The van der Waals surface area contributed by atoms with Gasteiger partial charge in [0.25, 0.3) is 0 Å². The monoisotopic (exact) mass is 320 g/mol. The third-order valence-corrected chi connectivity index (χ3v) is 5.44. The smallest absolute Gasteiger partial charge is 0.223 e. The number of carbonyl (C=O) groups excluding carboxylic acids is 1. The van der Waals surface area contributed by atoms with Crippen LogP contribution >= 0.6 is 0 Å². The highest BCUT2D eigenvalue weighted by Crippen LogP contribution is 2.34. The molecule has 1 aromatic carbocycles. The largest absolute Gasteiger partial charge is 0.381 e. The Morgan fingerprint density at radius 1 is 1.35 bits per heavy atom. The van der Waals surface area contributed by atoms with Crippen LogP contribution in [0.4, 0.5) is 4.39 Å². The first-order valence-electron chi connectivity index (χ1n) is 8.43. The van der Waals surface area contributed by atoms with Gasteiger partial charge in [0.05, 0.1) is 0 Å². The van der Waals surface area contributed by atoms with Gasteiger partial charge < -0.3 is 15.4 Å². The predicted octanol–water partition coefficient (Wildman–Crippen LogP) is 1.85. The van der Waals surface area contributed by atoms with Crippen LogP contribution in [0, 0.1) is 17.7 Å². The van der Waals surface area contributed by atoms with Gasteiger partial charge in [0.1, 0.15) is 5.82 Å². The van der Waals surface area contributed by atoms with Crippen molar-refractivity contribution in [3.8, 4) is 0 Å². The van der Waals surface area contributed by atoms with E-state index < -0.39 is 0 Å². The first kappa shape index (κ1) is 16.4. The van der Waals surface area contributed by atoms with E-state index in [0.717, 1.165) is 31.5 Å². The summed E-state index contributed by atoms with van der Waals surface area (Å²) < 4.78 is 18.7.